The maximum Gasteiger partial charge on any atom is 0.337 e. The molecule has 1 aromatic heterocycles. The van der Waals surface area contributed by atoms with Crippen LogP contribution in [-0.2, 0) is 11.3 Å². The largest absolute Gasteiger partial charge is 0.491 e. The molecule has 8 nitrogen and oxygen atoms in total. The van der Waals surface area contributed by atoms with Crippen LogP contribution in [0, 0.1) is 0 Å². The number of methoxy groups -OCH3 is 1. The molecule has 172 valence electrons. The minimum Gasteiger partial charge on any atom is -0.491 e. The summed E-state index contributed by atoms with van der Waals surface area (Å²) in [4.78, 5) is 13.3. The van der Waals surface area contributed by atoms with Crippen LogP contribution in [0.4, 0.5) is 0 Å². The Morgan fingerprint density at radius 2 is 1.75 bits per heavy atom. The first-order valence-electron chi connectivity index (χ1n) is 10.5. The molecule has 0 amide bonds. The molecule has 0 fully saturated rings. The fraction of sp³-hybridized carbons (Fsp3) is 0.375. The van der Waals surface area contributed by atoms with E-state index >= 15 is 0 Å². The predicted molar refractivity (Wildman–Crippen MR) is 121 cm³/mol. The molecule has 0 aliphatic rings. The Balaban J connectivity index is 1.49. The van der Waals surface area contributed by atoms with Crippen molar-refractivity contribution >= 4 is 16.9 Å². The third-order valence-electron chi connectivity index (χ3n) is 5.16. The van der Waals surface area contributed by atoms with E-state index in [1.54, 1.807) is 24.3 Å². The number of hydrogen-bond acceptors (Lipinski definition) is 7. The molecule has 0 bridgehead atoms. The van der Waals surface area contributed by atoms with Crippen LogP contribution in [0.1, 0.15) is 10.4 Å². The number of para-hydroxylation sites is 1. The summed E-state index contributed by atoms with van der Waals surface area (Å²) in [5.74, 6) is 0.0904. The van der Waals surface area contributed by atoms with Crippen LogP contribution in [0.15, 0.2) is 60.8 Å². The zero-order chi connectivity index (χ0) is 22.9. The number of fused-ring (bicyclic) bond motifs is 1. The molecule has 0 saturated carbocycles. The topological polar surface area (TPSA) is 104 Å². The van der Waals surface area contributed by atoms with Crippen LogP contribution in [0.5, 0.6) is 5.75 Å². The summed E-state index contributed by atoms with van der Waals surface area (Å²) in [6.07, 6.45) is 0.455. The van der Waals surface area contributed by atoms with Crippen LogP contribution in [-0.4, -0.2) is 82.9 Å². The molecular formula is C24H30N2O6. The van der Waals surface area contributed by atoms with Gasteiger partial charge in [-0.2, -0.15) is 0 Å². The van der Waals surface area contributed by atoms with Gasteiger partial charge < -0.3 is 29.4 Å². The average Bonchev–Trinajstić information content (AvgIpc) is 3.20. The summed E-state index contributed by atoms with van der Waals surface area (Å²) in [5, 5.41) is 31.5. The lowest BCUT2D eigenvalue weighted by Crippen LogP contribution is -2.42. The highest BCUT2D eigenvalue weighted by Crippen LogP contribution is 2.16. The Morgan fingerprint density at radius 3 is 2.47 bits per heavy atom. The van der Waals surface area contributed by atoms with Crippen LogP contribution >= 0.6 is 0 Å². The molecule has 3 rings (SSSR count). The Kier molecular flexibility index (Phi) is 8.64. The minimum absolute atomic E-state index is 0.0395. The van der Waals surface area contributed by atoms with Crippen molar-refractivity contribution in [2.45, 2.75) is 18.8 Å². The SMILES string of the molecule is COC(=O)c1ccc(OC[C@H](O)CN(CCO)C[C@@H](O)Cn2ccc3ccccc32)cc1. The highest BCUT2D eigenvalue weighted by atomic mass is 16.5. The molecule has 0 unspecified atom stereocenters. The molecule has 0 saturated heterocycles. The Hall–Kier alpha value is -2.91. The van der Waals surface area contributed by atoms with Gasteiger partial charge in [0.1, 0.15) is 18.5 Å². The number of aliphatic hydroxyl groups is 3. The normalized spacial score (nSPS) is 13.3. The molecule has 2 aromatic carbocycles. The van der Waals surface area contributed by atoms with E-state index in [1.807, 2.05) is 46.0 Å². The number of hydrogen-bond donors (Lipinski definition) is 3. The lowest BCUT2D eigenvalue weighted by molar-refractivity contribution is 0.0351. The molecule has 3 N–H and O–H groups in total. The molecule has 32 heavy (non-hydrogen) atoms. The van der Waals surface area contributed by atoms with Crippen LogP contribution in [0.25, 0.3) is 10.9 Å². The van der Waals surface area contributed by atoms with Crippen LogP contribution in [0.2, 0.25) is 0 Å². The Morgan fingerprint density at radius 1 is 1.03 bits per heavy atom. The number of ether oxygens (including phenoxy) is 2. The number of nitrogens with zero attached hydrogens (tertiary/aromatic N) is 2. The van der Waals surface area contributed by atoms with Gasteiger partial charge in [0.15, 0.2) is 0 Å². The van der Waals surface area contributed by atoms with E-state index in [9.17, 15) is 20.1 Å². The van der Waals surface area contributed by atoms with E-state index < -0.39 is 18.2 Å². The molecule has 1 heterocycles. The summed E-state index contributed by atoms with van der Waals surface area (Å²) in [6.45, 7) is 1.24. The van der Waals surface area contributed by atoms with Gasteiger partial charge in [-0.05, 0) is 41.8 Å². The smallest absolute Gasteiger partial charge is 0.337 e. The average molecular weight is 443 g/mol. The minimum atomic E-state index is -0.818. The Bertz CT molecular complexity index is 988. The van der Waals surface area contributed by atoms with Gasteiger partial charge in [-0.1, -0.05) is 18.2 Å². The number of esters is 1. The summed E-state index contributed by atoms with van der Waals surface area (Å²) in [5.41, 5.74) is 1.46. The lowest BCUT2D eigenvalue weighted by atomic mass is 10.2. The molecule has 0 radical (unpaired) electrons. The fourth-order valence-corrected chi connectivity index (χ4v) is 3.63. The van der Waals surface area contributed by atoms with E-state index in [1.165, 1.54) is 7.11 Å². The second-order valence-electron chi connectivity index (χ2n) is 7.64. The van der Waals surface area contributed by atoms with Crippen molar-refractivity contribution in [3.63, 3.8) is 0 Å². The first kappa shape index (κ1) is 23.7. The fourth-order valence-electron chi connectivity index (χ4n) is 3.63. The number of rotatable bonds is 12. The van der Waals surface area contributed by atoms with Gasteiger partial charge >= 0.3 is 5.97 Å². The van der Waals surface area contributed by atoms with Gasteiger partial charge in [0.2, 0.25) is 0 Å². The van der Waals surface area contributed by atoms with Crippen molar-refractivity contribution in [2.75, 3.05) is 40.0 Å². The second kappa shape index (κ2) is 11.6. The van der Waals surface area contributed by atoms with E-state index in [0.29, 0.717) is 30.9 Å². The summed E-state index contributed by atoms with van der Waals surface area (Å²) in [7, 11) is 1.32. The summed E-state index contributed by atoms with van der Waals surface area (Å²) in [6, 6.07) is 16.4. The van der Waals surface area contributed by atoms with E-state index in [2.05, 4.69) is 4.74 Å². The Labute approximate surface area is 187 Å². The zero-order valence-electron chi connectivity index (χ0n) is 18.1. The standard InChI is InChI=1S/C24H30N2O6/c1-31-24(30)19-6-8-22(9-7-19)32-17-21(29)15-25(12-13-27)14-20(28)16-26-11-10-18-4-2-3-5-23(18)26/h2-11,20-21,27-29H,12-17H2,1H3/t20-,21-/m1/s1. The number of carbonyl (C=O) groups excluding carboxylic acids is 1. The quantitative estimate of drug-likeness (QED) is 0.365. The van der Waals surface area contributed by atoms with Gasteiger partial charge in [-0.15, -0.1) is 0 Å². The molecule has 0 aliphatic heterocycles. The number of carbonyl (C=O) groups is 1. The van der Waals surface area contributed by atoms with Crippen molar-refractivity contribution < 1.29 is 29.6 Å². The first-order valence-corrected chi connectivity index (χ1v) is 10.5. The van der Waals surface area contributed by atoms with Gasteiger partial charge in [0.25, 0.3) is 0 Å². The third kappa shape index (κ3) is 6.54. The zero-order valence-corrected chi connectivity index (χ0v) is 18.1. The second-order valence-corrected chi connectivity index (χ2v) is 7.64. The molecule has 0 aliphatic carbocycles. The van der Waals surface area contributed by atoms with E-state index in [4.69, 9.17) is 4.74 Å². The van der Waals surface area contributed by atoms with Crippen molar-refractivity contribution in [3.8, 4) is 5.75 Å². The monoisotopic (exact) mass is 442 g/mol. The van der Waals surface area contributed by atoms with Gasteiger partial charge in [-0.3, -0.25) is 4.90 Å². The van der Waals surface area contributed by atoms with Gasteiger partial charge in [0.05, 0.1) is 25.4 Å². The van der Waals surface area contributed by atoms with Gasteiger partial charge in [-0.25, -0.2) is 4.79 Å². The van der Waals surface area contributed by atoms with Crippen molar-refractivity contribution in [1.29, 1.82) is 0 Å². The van der Waals surface area contributed by atoms with Crippen LogP contribution in [0.3, 0.4) is 0 Å². The molecule has 2 atom stereocenters. The van der Waals surface area contributed by atoms with Crippen molar-refractivity contribution in [1.82, 2.24) is 9.47 Å². The summed E-state index contributed by atoms with van der Waals surface area (Å²) < 4.78 is 12.2. The van der Waals surface area contributed by atoms with Crippen molar-refractivity contribution in [2.24, 2.45) is 0 Å². The van der Waals surface area contributed by atoms with Gasteiger partial charge in [0, 0.05) is 37.9 Å². The van der Waals surface area contributed by atoms with Crippen molar-refractivity contribution in [3.05, 3.63) is 66.4 Å². The predicted octanol–water partition coefficient (Wildman–Crippen LogP) is 1.52. The first-order chi connectivity index (χ1) is 15.5. The number of benzene rings is 2. The number of aromatic nitrogens is 1. The maximum absolute atomic E-state index is 11.5. The molecule has 0 spiro atoms. The van der Waals surface area contributed by atoms with E-state index in [-0.39, 0.29) is 19.8 Å². The van der Waals surface area contributed by atoms with Crippen LogP contribution < -0.4 is 4.74 Å². The number of aliphatic hydroxyl groups excluding tert-OH is 3. The molecular weight excluding hydrogens is 412 g/mol. The molecule has 8 heteroatoms. The highest BCUT2D eigenvalue weighted by Gasteiger charge is 2.17. The molecule has 3 aromatic rings. The maximum atomic E-state index is 11.5. The summed E-state index contributed by atoms with van der Waals surface area (Å²) >= 11 is 0. The third-order valence-corrected chi connectivity index (χ3v) is 5.16. The highest BCUT2D eigenvalue weighted by molar-refractivity contribution is 5.89. The lowest BCUT2D eigenvalue weighted by Gasteiger charge is -2.27. The van der Waals surface area contributed by atoms with E-state index in [0.717, 1.165) is 10.9 Å².